The molecule has 0 unspecified atom stereocenters. The van der Waals surface area contributed by atoms with Gasteiger partial charge in [0.25, 0.3) is 5.56 Å². The van der Waals surface area contributed by atoms with Crippen LogP contribution in [0.15, 0.2) is 49.2 Å². The van der Waals surface area contributed by atoms with E-state index in [1.807, 2.05) is 13.0 Å². The van der Waals surface area contributed by atoms with Gasteiger partial charge in [-0.05, 0) is 58.7 Å². The Balaban J connectivity index is 1.98. The summed E-state index contributed by atoms with van der Waals surface area (Å²) in [5.41, 5.74) is 0.971. The summed E-state index contributed by atoms with van der Waals surface area (Å²) in [5, 5.41) is 5.08. The quantitative estimate of drug-likeness (QED) is 0.309. The fraction of sp³-hybridized carbons (Fsp3) is 0.238. The zero-order valence-corrected chi connectivity index (χ0v) is 20.8. The molecule has 0 aliphatic rings. The van der Waals surface area contributed by atoms with Crippen LogP contribution in [0, 0.1) is 0 Å². The van der Waals surface area contributed by atoms with E-state index in [1.54, 1.807) is 31.2 Å². The van der Waals surface area contributed by atoms with Crippen LogP contribution < -0.4 is 10.3 Å². The molecular weight excluding hydrogens is 554 g/mol. The first-order valence-corrected chi connectivity index (χ1v) is 11.2. The number of rotatable bonds is 6. The van der Waals surface area contributed by atoms with E-state index >= 15 is 0 Å². The van der Waals surface area contributed by atoms with Crippen molar-refractivity contribution in [1.82, 2.24) is 9.66 Å². The third-order valence-electron chi connectivity index (χ3n) is 4.36. The number of aryl methyl sites for hydroxylation is 1. The zero-order chi connectivity index (χ0) is 22.7. The maximum atomic E-state index is 13.0. The first kappa shape index (κ1) is 23.4. The number of hydrogen-bond donors (Lipinski definition) is 0. The van der Waals surface area contributed by atoms with Crippen molar-refractivity contribution in [1.29, 1.82) is 0 Å². The summed E-state index contributed by atoms with van der Waals surface area (Å²) >= 11 is 13.1. The van der Waals surface area contributed by atoms with Gasteiger partial charge in [0.15, 0.2) is 11.9 Å². The van der Waals surface area contributed by atoms with Crippen LogP contribution in [0.25, 0.3) is 10.9 Å². The number of esters is 1. The first-order valence-electron chi connectivity index (χ1n) is 9.24. The molecule has 0 amide bonds. The van der Waals surface area contributed by atoms with Crippen LogP contribution in [0.5, 0.6) is 5.75 Å². The van der Waals surface area contributed by atoms with Crippen LogP contribution in [0.4, 0.5) is 0 Å². The van der Waals surface area contributed by atoms with Gasteiger partial charge < -0.3 is 9.47 Å². The lowest BCUT2D eigenvalue weighted by Gasteiger charge is -2.15. The summed E-state index contributed by atoms with van der Waals surface area (Å²) in [5.74, 6) is 0.323. The lowest BCUT2D eigenvalue weighted by atomic mass is 10.2. The average Bonchev–Trinajstić information content (AvgIpc) is 2.75. The second kappa shape index (κ2) is 9.93. The molecule has 1 heterocycles. The fourth-order valence-corrected chi connectivity index (χ4v) is 4.14. The average molecular weight is 572 g/mol. The number of methoxy groups -OCH3 is 1. The van der Waals surface area contributed by atoms with Gasteiger partial charge in [0.2, 0.25) is 0 Å². The number of halogens is 3. The molecule has 31 heavy (non-hydrogen) atoms. The van der Waals surface area contributed by atoms with E-state index in [0.29, 0.717) is 38.9 Å². The summed E-state index contributed by atoms with van der Waals surface area (Å²) < 4.78 is 12.8. The summed E-state index contributed by atoms with van der Waals surface area (Å²) in [7, 11) is 1.28. The van der Waals surface area contributed by atoms with E-state index in [0.717, 1.165) is 4.47 Å². The highest BCUT2D eigenvalue weighted by Gasteiger charge is 2.19. The van der Waals surface area contributed by atoms with Crippen LogP contribution in [0.2, 0.25) is 5.02 Å². The minimum Gasteiger partial charge on any atom is -0.476 e. The number of ether oxygens (including phenoxy) is 2. The zero-order valence-electron chi connectivity index (χ0n) is 16.9. The Bertz CT molecular complexity index is 1220. The number of carbonyl (C=O) groups excluding carboxylic acids is 1. The van der Waals surface area contributed by atoms with Crippen LogP contribution in [-0.4, -0.2) is 35.1 Å². The predicted octanol–water partition coefficient (Wildman–Crippen LogP) is 4.96. The van der Waals surface area contributed by atoms with Crippen molar-refractivity contribution in [2.45, 2.75) is 26.4 Å². The van der Waals surface area contributed by atoms with Gasteiger partial charge in [0.1, 0.15) is 5.82 Å². The molecule has 0 aliphatic carbocycles. The smallest absolute Gasteiger partial charge is 0.346 e. The monoisotopic (exact) mass is 569 g/mol. The first-order chi connectivity index (χ1) is 14.7. The summed E-state index contributed by atoms with van der Waals surface area (Å²) in [6.45, 7) is 3.47. The minimum absolute atomic E-state index is 0.267. The van der Waals surface area contributed by atoms with Gasteiger partial charge in [-0.1, -0.05) is 34.5 Å². The van der Waals surface area contributed by atoms with Crippen molar-refractivity contribution in [3.8, 4) is 5.75 Å². The normalized spacial score (nSPS) is 12.3. The number of hydrogen-bond acceptors (Lipinski definition) is 6. The molecule has 3 aromatic rings. The summed E-state index contributed by atoms with van der Waals surface area (Å²) in [6, 6.07) is 8.69. The van der Waals surface area contributed by atoms with Crippen LogP contribution in [0.3, 0.4) is 0 Å². The highest BCUT2D eigenvalue weighted by atomic mass is 79.9. The molecule has 0 radical (unpaired) electrons. The molecule has 0 aliphatic heterocycles. The molecule has 3 rings (SSSR count). The van der Waals surface area contributed by atoms with Gasteiger partial charge in [0, 0.05) is 10.9 Å². The van der Waals surface area contributed by atoms with Crippen LogP contribution in [-0.2, 0) is 16.0 Å². The Morgan fingerprint density at radius 2 is 2.06 bits per heavy atom. The number of fused-ring (bicyclic) bond motifs is 1. The third-order valence-corrected chi connectivity index (χ3v) is 5.73. The Morgan fingerprint density at radius 1 is 1.32 bits per heavy atom. The molecule has 0 saturated heterocycles. The van der Waals surface area contributed by atoms with Gasteiger partial charge in [-0.15, -0.1) is 0 Å². The number of aromatic nitrogens is 2. The SMILES string of the molecule is CCc1nc2ccc(Br)cc2c(=O)n1N=Cc1cc(Cl)c(O[C@@H](C)C(=O)OC)c(Br)c1. The second-order valence-electron chi connectivity index (χ2n) is 6.50. The van der Waals surface area contributed by atoms with E-state index < -0.39 is 12.1 Å². The molecule has 0 spiro atoms. The molecule has 7 nitrogen and oxygen atoms in total. The van der Waals surface area contributed by atoms with Gasteiger partial charge >= 0.3 is 5.97 Å². The van der Waals surface area contributed by atoms with Gasteiger partial charge in [0.05, 0.1) is 33.7 Å². The molecule has 0 N–H and O–H groups in total. The Labute approximate surface area is 200 Å². The molecule has 10 heteroatoms. The minimum atomic E-state index is -0.827. The van der Waals surface area contributed by atoms with E-state index in [2.05, 4.69) is 46.7 Å². The molecule has 0 bridgehead atoms. The molecule has 0 saturated carbocycles. The van der Waals surface area contributed by atoms with Crippen molar-refractivity contribution in [3.05, 3.63) is 66.0 Å². The molecular formula is C21H18Br2ClN3O4. The lowest BCUT2D eigenvalue weighted by Crippen LogP contribution is -2.25. The van der Waals surface area contributed by atoms with Crippen molar-refractivity contribution >= 4 is 66.5 Å². The largest absolute Gasteiger partial charge is 0.476 e. The number of benzene rings is 2. The topological polar surface area (TPSA) is 82.8 Å². The van der Waals surface area contributed by atoms with Gasteiger partial charge in [-0.3, -0.25) is 4.79 Å². The molecule has 2 aromatic carbocycles. The molecule has 1 atom stereocenters. The molecule has 1 aromatic heterocycles. The van der Waals surface area contributed by atoms with Gasteiger partial charge in [-0.2, -0.15) is 9.78 Å². The fourth-order valence-electron chi connectivity index (χ4n) is 2.82. The highest BCUT2D eigenvalue weighted by Crippen LogP contribution is 2.35. The maximum absolute atomic E-state index is 13.0. The predicted molar refractivity (Wildman–Crippen MR) is 127 cm³/mol. The van der Waals surface area contributed by atoms with E-state index in [-0.39, 0.29) is 10.6 Å². The second-order valence-corrected chi connectivity index (χ2v) is 8.68. The van der Waals surface area contributed by atoms with Crippen molar-refractivity contribution in [2.24, 2.45) is 5.10 Å². The van der Waals surface area contributed by atoms with Crippen molar-refractivity contribution in [3.63, 3.8) is 0 Å². The number of carbonyl (C=O) groups is 1. The van der Waals surface area contributed by atoms with Crippen LogP contribution >= 0.6 is 43.5 Å². The standard InChI is InChI=1S/C21H18Br2ClN3O4/c1-4-18-26-17-6-5-13(22)9-14(17)20(28)27(18)25-10-12-7-15(23)19(16(24)8-12)31-11(2)21(29)30-3/h5-11H,4H2,1-3H3/t11-/m0/s1. The summed E-state index contributed by atoms with van der Waals surface area (Å²) in [6.07, 6.45) is 1.21. The van der Waals surface area contributed by atoms with Crippen LogP contribution in [0.1, 0.15) is 25.2 Å². The highest BCUT2D eigenvalue weighted by molar-refractivity contribution is 9.10. The Morgan fingerprint density at radius 3 is 2.71 bits per heavy atom. The third kappa shape index (κ3) is 5.16. The summed E-state index contributed by atoms with van der Waals surface area (Å²) in [4.78, 5) is 29.1. The van der Waals surface area contributed by atoms with E-state index in [1.165, 1.54) is 18.0 Å². The van der Waals surface area contributed by atoms with Crippen molar-refractivity contribution < 1.29 is 14.3 Å². The Hall–Kier alpha value is -2.23. The maximum Gasteiger partial charge on any atom is 0.346 e. The lowest BCUT2D eigenvalue weighted by molar-refractivity contribution is -0.147. The van der Waals surface area contributed by atoms with E-state index in [4.69, 9.17) is 16.3 Å². The van der Waals surface area contributed by atoms with Gasteiger partial charge in [-0.25, -0.2) is 9.78 Å². The van der Waals surface area contributed by atoms with E-state index in [9.17, 15) is 9.59 Å². The Kier molecular flexibility index (Phi) is 7.51. The number of nitrogens with zero attached hydrogens (tertiary/aromatic N) is 3. The van der Waals surface area contributed by atoms with Crippen molar-refractivity contribution in [2.75, 3.05) is 7.11 Å². The molecule has 0 fully saturated rings. The molecule has 162 valence electrons.